The second-order valence-corrected chi connectivity index (χ2v) is 7.13. The fourth-order valence-corrected chi connectivity index (χ4v) is 3.59. The molecule has 0 amide bonds. The van der Waals surface area contributed by atoms with Crippen molar-refractivity contribution in [2.45, 2.75) is 13.1 Å². The number of anilines is 2. The number of benzene rings is 1. The van der Waals surface area contributed by atoms with Crippen LogP contribution in [0.1, 0.15) is 11.3 Å². The summed E-state index contributed by atoms with van der Waals surface area (Å²) in [6, 6.07) is 11.9. The maximum Gasteiger partial charge on any atom is 0.231 e. The van der Waals surface area contributed by atoms with Gasteiger partial charge in [0, 0.05) is 38.9 Å². The summed E-state index contributed by atoms with van der Waals surface area (Å²) < 4.78 is 16.2. The summed E-state index contributed by atoms with van der Waals surface area (Å²) in [5.74, 6) is 4.11. The Balaban J connectivity index is 1.16. The van der Waals surface area contributed by atoms with Gasteiger partial charge >= 0.3 is 0 Å². The summed E-state index contributed by atoms with van der Waals surface area (Å²) in [7, 11) is 0. The monoisotopic (exact) mass is 393 g/mol. The van der Waals surface area contributed by atoms with Crippen LogP contribution in [-0.2, 0) is 13.1 Å². The van der Waals surface area contributed by atoms with Crippen LogP contribution < -0.4 is 19.7 Å². The number of hydrogen-bond acceptors (Lipinski definition) is 8. The van der Waals surface area contributed by atoms with Crippen molar-refractivity contribution in [3.05, 3.63) is 60.2 Å². The molecule has 0 atom stereocenters. The smallest absolute Gasteiger partial charge is 0.231 e. The topological polar surface area (TPSA) is 75.9 Å². The van der Waals surface area contributed by atoms with Crippen LogP contribution in [0, 0.1) is 0 Å². The molecular formula is C21H23N5O3. The first-order valence-corrected chi connectivity index (χ1v) is 9.79. The molecule has 0 aliphatic carbocycles. The van der Waals surface area contributed by atoms with Gasteiger partial charge in [0.15, 0.2) is 11.5 Å². The van der Waals surface area contributed by atoms with E-state index in [1.54, 1.807) is 12.5 Å². The molecule has 0 spiro atoms. The molecule has 1 N–H and O–H groups in total. The van der Waals surface area contributed by atoms with E-state index in [1.165, 1.54) is 5.56 Å². The number of nitrogens with one attached hydrogen (secondary N) is 1. The first-order valence-electron chi connectivity index (χ1n) is 9.79. The van der Waals surface area contributed by atoms with Crippen LogP contribution in [-0.4, -0.2) is 47.8 Å². The van der Waals surface area contributed by atoms with E-state index in [9.17, 15) is 0 Å². The molecule has 1 saturated heterocycles. The quantitative estimate of drug-likeness (QED) is 0.685. The molecule has 150 valence electrons. The molecule has 3 aromatic rings. The van der Waals surface area contributed by atoms with Crippen LogP contribution in [0.15, 0.2) is 53.3 Å². The fourth-order valence-electron chi connectivity index (χ4n) is 3.59. The lowest BCUT2D eigenvalue weighted by molar-refractivity contribution is 0.174. The molecule has 4 heterocycles. The lowest BCUT2D eigenvalue weighted by Gasteiger charge is -2.34. The Labute approximate surface area is 169 Å². The van der Waals surface area contributed by atoms with Gasteiger partial charge in [0.1, 0.15) is 11.6 Å². The molecule has 1 aromatic carbocycles. The summed E-state index contributed by atoms with van der Waals surface area (Å²) >= 11 is 0. The van der Waals surface area contributed by atoms with Crippen molar-refractivity contribution in [2.75, 3.05) is 43.2 Å². The average Bonchev–Trinajstić information content (AvgIpc) is 3.45. The normalized spacial score (nSPS) is 16.2. The van der Waals surface area contributed by atoms with Crippen LogP contribution in [0.4, 0.5) is 11.8 Å². The Hall–Kier alpha value is -3.26. The largest absolute Gasteiger partial charge is 0.467 e. The van der Waals surface area contributed by atoms with Crippen LogP contribution >= 0.6 is 0 Å². The van der Waals surface area contributed by atoms with E-state index in [2.05, 4.69) is 37.2 Å². The van der Waals surface area contributed by atoms with Gasteiger partial charge in [0.25, 0.3) is 0 Å². The van der Waals surface area contributed by atoms with Gasteiger partial charge in [-0.15, -0.1) is 0 Å². The fraction of sp³-hybridized carbons (Fsp3) is 0.333. The standard InChI is InChI=1S/C21H23N5O3/c1-2-17(27-11-1)13-23-20-5-6-22-21(24-20)26-9-7-25(8-10-26)14-16-3-4-18-19(12-16)29-15-28-18/h1-6,11-12H,7-10,13-15H2,(H,22,23,24). The lowest BCUT2D eigenvalue weighted by atomic mass is 10.1. The average molecular weight is 393 g/mol. The van der Waals surface area contributed by atoms with Crippen molar-refractivity contribution < 1.29 is 13.9 Å². The van der Waals surface area contributed by atoms with Gasteiger partial charge in [-0.1, -0.05) is 6.07 Å². The van der Waals surface area contributed by atoms with Crippen LogP contribution in [0.2, 0.25) is 0 Å². The Morgan fingerprint density at radius 2 is 1.90 bits per heavy atom. The molecule has 29 heavy (non-hydrogen) atoms. The number of hydrogen-bond donors (Lipinski definition) is 1. The third-order valence-electron chi connectivity index (χ3n) is 5.16. The van der Waals surface area contributed by atoms with Crippen molar-refractivity contribution >= 4 is 11.8 Å². The zero-order chi connectivity index (χ0) is 19.5. The maximum absolute atomic E-state index is 5.48. The van der Waals surface area contributed by atoms with Crippen LogP contribution in [0.25, 0.3) is 0 Å². The number of furan rings is 1. The number of piperazine rings is 1. The van der Waals surface area contributed by atoms with Gasteiger partial charge in [0.05, 0.1) is 12.8 Å². The van der Waals surface area contributed by atoms with Gasteiger partial charge in [-0.3, -0.25) is 4.90 Å². The van der Waals surface area contributed by atoms with Gasteiger partial charge < -0.3 is 24.1 Å². The van der Waals surface area contributed by atoms with E-state index in [-0.39, 0.29) is 0 Å². The molecule has 8 nitrogen and oxygen atoms in total. The minimum atomic E-state index is 0.312. The van der Waals surface area contributed by atoms with Crippen LogP contribution in [0.5, 0.6) is 11.5 Å². The van der Waals surface area contributed by atoms with Crippen molar-refractivity contribution in [3.63, 3.8) is 0 Å². The highest BCUT2D eigenvalue weighted by Gasteiger charge is 2.20. The second kappa shape index (κ2) is 8.00. The minimum Gasteiger partial charge on any atom is -0.467 e. The molecule has 0 radical (unpaired) electrons. The molecule has 0 saturated carbocycles. The lowest BCUT2D eigenvalue weighted by Crippen LogP contribution is -2.46. The first kappa shape index (κ1) is 17.8. The van der Waals surface area contributed by atoms with E-state index >= 15 is 0 Å². The highest BCUT2D eigenvalue weighted by Crippen LogP contribution is 2.32. The van der Waals surface area contributed by atoms with E-state index < -0.39 is 0 Å². The number of aromatic nitrogens is 2. The number of nitrogens with zero attached hydrogens (tertiary/aromatic N) is 4. The molecule has 5 rings (SSSR count). The summed E-state index contributed by atoms with van der Waals surface area (Å²) in [4.78, 5) is 13.8. The number of ether oxygens (including phenoxy) is 2. The highest BCUT2D eigenvalue weighted by atomic mass is 16.7. The molecular weight excluding hydrogens is 370 g/mol. The molecule has 0 bridgehead atoms. The van der Waals surface area contributed by atoms with Gasteiger partial charge in [-0.2, -0.15) is 4.98 Å². The molecule has 1 fully saturated rings. The summed E-state index contributed by atoms with van der Waals surface area (Å²) in [5, 5.41) is 3.28. The maximum atomic E-state index is 5.48. The zero-order valence-electron chi connectivity index (χ0n) is 16.1. The van der Waals surface area contributed by atoms with Crippen LogP contribution in [0.3, 0.4) is 0 Å². The van der Waals surface area contributed by atoms with Gasteiger partial charge in [-0.05, 0) is 35.9 Å². The Morgan fingerprint density at radius 1 is 1.00 bits per heavy atom. The van der Waals surface area contributed by atoms with Crippen molar-refractivity contribution in [1.29, 1.82) is 0 Å². The third-order valence-corrected chi connectivity index (χ3v) is 5.16. The van der Waals surface area contributed by atoms with E-state index in [0.717, 1.165) is 61.7 Å². The number of fused-ring (bicyclic) bond motifs is 1. The summed E-state index contributed by atoms with van der Waals surface area (Å²) in [6.45, 7) is 5.53. The van der Waals surface area contributed by atoms with E-state index in [4.69, 9.17) is 13.9 Å². The zero-order valence-corrected chi connectivity index (χ0v) is 16.1. The highest BCUT2D eigenvalue weighted by molar-refractivity contribution is 5.45. The minimum absolute atomic E-state index is 0.312. The molecule has 8 heteroatoms. The summed E-state index contributed by atoms with van der Waals surface area (Å²) in [6.07, 6.45) is 3.47. The van der Waals surface area contributed by atoms with Gasteiger partial charge in [0.2, 0.25) is 12.7 Å². The second-order valence-electron chi connectivity index (χ2n) is 7.13. The predicted octanol–water partition coefficient (Wildman–Crippen LogP) is 2.73. The molecule has 0 unspecified atom stereocenters. The van der Waals surface area contributed by atoms with Crippen molar-refractivity contribution in [2.24, 2.45) is 0 Å². The first-order chi connectivity index (χ1) is 14.3. The summed E-state index contributed by atoms with van der Waals surface area (Å²) in [5.41, 5.74) is 1.24. The van der Waals surface area contributed by atoms with E-state index in [0.29, 0.717) is 13.3 Å². The molecule has 2 aliphatic rings. The molecule has 2 aliphatic heterocycles. The van der Waals surface area contributed by atoms with Gasteiger partial charge in [-0.25, -0.2) is 4.98 Å². The third kappa shape index (κ3) is 4.12. The predicted molar refractivity (Wildman–Crippen MR) is 108 cm³/mol. The Bertz CT molecular complexity index is 955. The number of rotatable bonds is 6. The SMILES string of the molecule is c1coc(CNc2ccnc(N3CCN(Cc4ccc5c(c4)OCO5)CC3)n2)c1. The van der Waals surface area contributed by atoms with Crippen molar-refractivity contribution in [3.8, 4) is 11.5 Å². The Kier molecular flexibility index (Phi) is 4.92. The van der Waals surface area contributed by atoms with Crippen molar-refractivity contribution in [1.82, 2.24) is 14.9 Å². The Morgan fingerprint density at radius 3 is 2.76 bits per heavy atom. The molecule has 2 aromatic heterocycles. The van der Waals surface area contributed by atoms with E-state index in [1.807, 2.05) is 24.3 Å².